The molecule has 0 fully saturated rings. The van der Waals surface area contributed by atoms with Crippen LogP contribution < -0.4 is 4.74 Å². The molecule has 26 heavy (non-hydrogen) atoms. The van der Waals surface area contributed by atoms with E-state index >= 15 is 0 Å². The number of hydrogen-bond acceptors (Lipinski definition) is 4. The van der Waals surface area contributed by atoms with Crippen molar-refractivity contribution in [3.05, 3.63) is 70.2 Å². The highest BCUT2D eigenvalue weighted by Gasteiger charge is 2.29. The first-order valence-corrected chi connectivity index (χ1v) is 10.5. The number of aryl methyl sites for hydroxylation is 2. The molecule has 3 aromatic rings. The summed E-state index contributed by atoms with van der Waals surface area (Å²) in [5, 5.41) is 1.95. The zero-order valence-electron chi connectivity index (χ0n) is 15.0. The smallest absolute Gasteiger partial charge is 0.247 e. The summed E-state index contributed by atoms with van der Waals surface area (Å²) in [6.07, 6.45) is 1.92. The van der Waals surface area contributed by atoms with E-state index in [4.69, 9.17) is 4.74 Å². The van der Waals surface area contributed by atoms with Gasteiger partial charge in [0.2, 0.25) is 10.0 Å². The number of ether oxygens (including phenoxy) is 1. The summed E-state index contributed by atoms with van der Waals surface area (Å²) in [5.41, 5.74) is 1.80. The third-order valence-electron chi connectivity index (χ3n) is 4.24. The Morgan fingerprint density at radius 2 is 1.96 bits per heavy atom. The molecule has 2 heterocycles. The number of thiophene rings is 1. The Bertz CT molecular complexity index is 976. The van der Waals surface area contributed by atoms with Crippen LogP contribution in [-0.2, 0) is 30.2 Å². The van der Waals surface area contributed by atoms with Crippen molar-refractivity contribution in [3.8, 4) is 5.75 Å². The van der Waals surface area contributed by atoms with E-state index in [1.54, 1.807) is 23.5 Å². The van der Waals surface area contributed by atoms with Crippen LogP contribution >= 0.6 is 11.3 Å². The average molecular weight is 391 g/mol. The lowest BCUT2D eigenvalue weighted by molar-refractivity contribution is 0.380. The van der Waals surface area contributed by atoms with Crippen molar-refractivity contribution in [2.45, 2.75) is 24.9 Å². The molecule has 0 aliphatic rings. The predicted molar refractivity (Wildman–Crippen MR) is 104 cm³/mol. The number of hydrogen-bond donors (Lipinski definition) is 0. The second-order valence-corrected chi connectivity index (χ2v) is 9.06. The first-order chi connectivity index (χ1) is 12.4. The Morgan fingerprint density at radius 3 is 2.58 bits per heavy atom. The minimum absolute atomic E-state index is 0.200. The lowest BCUT2D eigenvalue weighted by atomic mass is 10.2. The zero-order chi connectivity index (χ0) is 18.7. The van der Waals surface area contributed by atoms with Gasteiger partial charge in [0.05, 0.1) is 13.7 Å². The molecule has 1 aromatic carbocycles. The molecular formula is C19H22N2O3S2. The molecular weight excluding hydrogens is 368 g/mol. The topological polar surface area (TPSA) is 51.5 Å². The summed E-state index contributed by atoms with van der Waals surface area (Å²) in [4.78, 5) is 1.19. The maximum Gasteiger partial charge on any atom is 0.247 e. The van der Waals surface area contributed by atoms with Crippen molar-refractivity contribution in [2.24, 2.45) is 7.05 Å². The summed E-state index contributed by atoms with van der Waals surface area (Å²) in [6.45, 7) is 2.49. The maximum absolute atomic E-state index is 13.5. The van der Waals surface area contributed by atoms with Gasteiger partial charge >= 0.3 is 0 Å². The van der Waals surface area contributed by atoms with Crippen LogP contribution in [0.4, 0.5) is 0 Å². The number of nitrogens with zero attached hydrogens (tertiary/aromatic N) is 2. The van der Waals surface area contributed by atoms with Crippen molar-refractivity contribution in [1.82, 2.24) is 8.87 Å². The Morgan fingerprint density at radius 1 is 1.15 bits per heavy atom. The number of sulfonamides is 1. The molecule has 3 rings (SSSR count). The highest BCUT2D eigenvalue weighted by molar-refractivity contribution is 7.89. The molecule has 0 spiro atoms. The molecule has 0 bridgehead atoms. The minimum atomic E-state index is -3.73. The summed E-state index contributed by atoms with van der Waals surface area (Å²) >= 11 is 1.55. The Balaban J connectivity index is 2.04. The lowest BCUT2D eigenvalue weighted by Crippen LogP contribution is -2.31. The summed E-state index contributed by atoms with van der Waals surface area (Å²) < 4.78 is 35.7. The van der Waals surface area contributed by atoms with Gasteiger partial charge in [0.25, 0.3) is 0 Å². The third-order valence-corrected chi connectivity index (χ3v) is 6.91. The van der Waals surface area contributed by atoms with Gasteiger partial charge in [-0.2, -0.15) is 4.31 Å². The predicted octanol–water partition coefficient (Wildman–Crippen LogP) is 3.79. The molecule has 0 unspecified atom stereocenters. The normalized spacial score (nSPS) is 11.8. The van der Waals surface area contributed by atoms with Gasteiger partial charge in [0, 0.05) is 30.4 Å². The SMILES string of the molecule is COc1ccc(C)cc1S(=O)(=O)N(Cc1cccs1)Cc1cccn1C. The molecule has 7 heteroatoms. The van der Waals surface area contributed by atoms with Crippen molar-refractivity contribution >= 4 is 21.4 Å². The summed E-state index contributed by atoms with van der Waals surface area (Å²) in [7, 11) is -0.328. The van der Waals surface area contributed by atoms with Crippen LogP contribution in [0.15, 0.2) is 58.9 Å². The molecule has 0 radical (unpaired) electrons. The van der Waals surface area contributed by atoms with Crippen molar-refractivity contribution < 1.29 is 13.2 Å². The number of aromatic nitrogens is 1. The largest absolute Gasteiger partial charge is 0.495 e. The Labute approximate surface area is 158 Å². The fourth-order valence-corrected chi connectivity index (χ4v) is 5.20. The van der Waals surface area contributed by atoms with E-state index in [2.05, 4.69) is 0 Å². The molecule has 0 atom stereocenters. The van der Waals surface area contributed by atoms with Crippen LogP contribution in [-0.4, -0.2) is 24.4 Å². The van der Waals surface area contributed by atoms with Crippen LogP contribution in [0.25, 0.3) is 0 Å². The second kappa shape index (κ2) is 7.65. The fraction of sp³-hybridized carbons (Fsp3) is 0.263. The molecule has 138 valence electrons. The average Bonchev–Trinajstić information content (AvgIpc) is 3.26. The van der Waals surface area contributed by atoms with Gasteiger partial charge in [0.15, 0.2) is 0 Å². The number of benzene rings is 1. The highest BCUT2D eigenvalue weighted by Crippen LogP contribution is 2.30. The van der Waals surface area contributed by atoms with E-state index in [1.165, 1.54) is 11.4 Å². The van der Waals surface area contributed by atoms with Gasteiger partial charge in [0.1, 0.15) is 10.6 Å². The van der Waals surface area contributed by atoms with Gasteiger partial charge in [-0.15, -0.1) is 11.3 Å². The molecule has 0 saturated carbocycles. The van der Waals surface area contributed by atoms with E-state index in [1.807, 2.05) is 60.4 Å². The van der Waals surface area contributed by atoms with Crippen LogP contribution in [0.1, 0.15) is 16.1 Å². The lowest BCUT2D eigenvalue weighted by Gasteiger charge is -2.23. The van der Waals surface area contributed by atoms with E-state index < -0.39 is 10.0 Å². The molecule has 0 aliphatic heterocycles. The van der Waals surface area contributed by atoms with Gasteiger partial charge in [-0.05, 0) is 48.2 Å². The van der Waals surface area contributed by atoms with Gasteiger partial charge in [-0.1, -0.05) is 12.1 Å². The van der Waals surface area contributed by atoms with Crippen LogP contribution in [0.2, 0.25) is 0 Å². The van der Waals surface area contributed by atoms with E-state index in [0.717, 1.165) is 16.1 Å². The van der Waals surface area contributed by atoms with Crippen molar-refractivity contribution in [3.63, 3.8) is 0 Å². The van der Waals surface area contributed by atoms with E-state index in [0.29, 0.717) is 18.8 Å². The summed E-state index contributed by atoms with van der Waals surface area (Å²) in [6, 6.07) is 12.9. The number of methoxy groups -OCH3 is 1. The van der Waals surface area contributed by atoms with Crippen LogP contribution in [0.3, 0.4) is 0 Å². The van der Waals surface area contributed by atoms with Gasteiger partial charge < -0.3 is 9.30 Å². The first-order valence-electron chi connectivity index (χ1n) is 8.19. The molecule has 0 aliphatic carbocycles. The fourth-order valence-electron chi connectivity index (χ4n) is 2.77. The zero-order valence-corrected chi connectivity index (χ0v) is 16.7. The van der Waals surface area contributed by atoms with Gasteiger partial charge in [-0.25, -0.2) is 8.42 Å². The molecule has 0 N–H and O–H groups in total. The molecule has 5 nitrogen and oxygen atoms in total. The summed E-state index contributed by atoms with van der Waals surface area (Å²) in [5.74, 6) is 0.360. The highest BCUT2D eigenvalue weighted by atomic mass is 32.2. The Kier molecular flexibility index (Phi) is 5.50. The first kappa shape index (κ1) is 18.7. The second-order valence-electron chi connectivity index (χ2n) is 6.12. The number of rotatable bonds is 7. The quantitative estimate of drug-likeness (QED) is 0.617. The van der Waals surface area contributed by atoms with E-state index in [-0.39, 0.29) is 4.90 Å². The van der Waals surface area contributed by atoms with Gasteiger partial charge in [-0.3, -0.25) is 0 Å². The van der Waals surface area contributed by atoms with E-state index in [9.17, 15) is 8.42 Å². The minimum Gasteiger partial charge on any atom is -0.495 e. The third kappa shape index (κ3) is 3.85. The maximum atomic E-state index is 13.5. The standard InChI is InChI=1S/C19H22N2O3S2/c1-15-8-9-18(24-3)19(12-15)26(22,23)21(14-17-7-5-11-25-17)13-16-6-4-10-20(16)2/h4-12H,13-14H2,1-3H3. The Hall–Kier alpha value is -2.09. The molecule has 0 saturated heterocycles. The van der Waals surface area contributed by atoms with Crippen molar-refractivity contribution in [2.75, 3.05) is 7.11 Å². The van der Waals surface area contributed by atoms with Crippen molar-refractivity contribution in [1.29, 1.82) is 0 Å². The van der Waals surface area contributed by atoms with Crippen LogP contribution in [0.5, 0.6) is 5.75 Å². The van der Waals surface area contributed by atoms with Crippen LogP contribution in [0, 0.1) is 6.92 Å². The monoisotopic (exact) mass is 390 g/mol. The molecule has 0 amide bonds. The molecule has 2 aromatic heterocycles.